The van der Waals surface area contributed by atoms with E-state index in [-0.39, 0.29) is 0 Å². The maximum atomic E-state index is 2.59. The van der Waals surface area contributed by atoms with E-state index < -0.39 is 0 Å². The molecule has 0 amide bonds. The standard InChI is InChI=1S/C14H21N/c1-12-8-13(2)10-15(9-12)11-14-6-4-3-5-7-14/h3-7,12-13H,8-11H2,1-2H3. The molecule has 0 aliphatic carbocycles. The number of benzene rings is 1. The SMILES string of the molecule is CC1CC(C)CN(Cc2ccccc2)C1. The van der Waals surface area contributed by atoms with Crippen LogP contribution in [0.5, 0.6) is 0 Å². The van der Waals surface area contributed by atoms with Crippen molar-refractivity contribution >= 4 is 0 Å². The lowest BCUT2D eigenvalue weighted by Gasteiger charge is -2.34. The van der Waals surface area contributed by atoms with Crippen molar-refractivity contribution in [2.45, 2.75) is 26.8 Å². The predicted molar refractivity (Wildman–Crippen MR) is 64.7 cm³/mol. The van der Waals surface area contributed by atoms with Crippen molar-refractivity contribution in [2.24, 2.45) is 11.8 Å². The Morgan fingerprint density at radius 3 is 2.27 bits per heavy atom. The molecule has 0 radical (unpaired) electrons. The summed E-state index contributed by atoms with van der Waals surface area (Å²) in [6.07, 6.45) is 1.39. The van der Waals surface area contributed by atoms with Crippen LogP contribution in [0, 0.1) is 11.8 Å². The fraction of sp³-hybridized carbons (Fsp3) is 0.571. The zero-order chi connectivity index (χ0) is 10.7. The zero-order valence-electron chi connectivity index (χ0n) is 9.82. The third-order valence-electron chi connectivity index (χ3n) is 3.19. The van der Waals surface area contributed by atoms with Gasteiger partial charge in [-0.15, -0.1) is 0 Å². The average Bonchev–Trinajstić information content (AvgIpc) is 2.17. The van der Waals surface area contributed by atoms with Gasteiger partial charge < -0.3 is 0 Å². The van der Waals surface area contributed by atoms with Crippen molar-refractivity contribution in [1.82, 2.24) is 4.90 Å². The van der Waals surface area contributed by atoms with Gasteiger partial charge in [-0.25, -0.2) is 0 Å². The predicted octanol–water partition coefficient (Wildman–Crippen LogP) is 3.16. The fourth-order valence-corrected chi connectivity index (χ4v) is 2.76. The van der Waals surface area contributed by atoms with Crippen LogP contribution in [0.1, 0.15) is 25.8 Å². The second kappa shape index (κ2) is 4.80. The van der Waals surface area contributed by atoms with E-state index in [0.29, 0.717) is 0 Å². The Bertz CT molecular complexity index is 283. The van der Waals surface area contributed by atoms with Crippen LogP contribution in [0.2, 0.25) is 0 Å². The minimum Gasteiger partial charge on any atom is -0.299 e. The van der Waals surface area contributed by atoms with E-state index in [9.17, 15) is 0 Å². The molecule has 1 aliphatic heterocycles. The van der Waals surface area contributed by atoms with Crippen molar-refractivity contribution in [1.29, 1.82) is 0 Å². The van der Waals surface area contributed by atoms with Crippen LogP contribution < -0.4 is 0 Å². The van der Waals surface area contributed by atoms with Crippen molar-refractivity contribution in [3.8, 4) is 0 Å². The lowest BCUT2D eigenvalue weighted by Crippen LogP contribution is -2.38. The second-order valence-electron chi connectivity index (χ2n) is 5.13. The summed E-state index contributed by atoms with van der Waals surface area (Å²) < 4.78 is 0. The van der Waals surface area contributed by atoms with Gasteiger partial charge in [0.25, 0.3) is 0 Å². The molecule has 0 saturated carbocycles. The highest BCUT2D eigenvalue weighted by Crippen LogP contribution is 2.22. The van der Waals surface area contributed by atoms with Gasteiger partial charge in [0.1, 0.15) is 0 Å². The molecule has 1 fully saturated rings. The van der Waals surface area contributed by atoms with Crippen molar-refractivity contribution < 1.29 is 0 Å². The summed E-state index contributed by atoms with van der Waals surface area (Å²) in [6, 6.07) is 10.8. The molecule has 1 nitrogen and oxygen atoms in total. The van der Waals surface area contributed by atoms with Gasteiger partial charge in [-0.05, 0) is 23.8 Å². The van der Waals surface area contributed by atoms with Gasteiger partial charge in [-0.3, -0.25) is 4.90 Å². The summed E-state index contributed by atoms with van der Waals surface area (Å²) in [5.74, 6) is 1.72. The molecule has 1 heterocycles. The topological polar surface area (TPSA) is 3.24 Å². The third kappa shape index (κ3) is 3.07. The summed E-state index contributed by atoms with van der Waals surface area (Å²) >= 11 is 0. The van der Waals surface area contributed by atoms with Crippen LogP contribution in [0.4, 0.5) is 0 Å². The molecule has 2 unspecified atom stereocenters. The average molecular weight is 203 g/mol. The Morgan fingerprint density at radius 2 is 1.67 bits per heavy atom. The van der Waals surface area contributed by atoms with E-state index in [1.807, 2.05) is 0 Å². The van der Waals surface area contributed by atoms with E-state index in [4.69, 9.17) is 0 Å². The molecule has 0 spiro atoms. The molecular weight excluding hydrogens is 182 g/mol. The first-order chi connectivity index (χ1) is 7.24. The number of piperidine rings is 1. The number of rotatable bonds is 2. The van der Waals surface area contributed by atoms with Gasteiger partial charge in [0.2, 0.25) is 0 Å². The highest BCUT2D eigenvalue weighted by Gasteiger charge is 2.21. The molecule has 1 heteroatoms. The first-order valence-corrected chi connectivity index (χ1v) is 6.00. The van der Waals surface area contributed by atoms with Crippen LogP contribution in [0.25, 0.3) is 0 Å². The molecule has 82 valence electrons. The largest absolute Gasteiger partial charge is 0.299 e. The first kappa shape index (κ1) is 10.7. The summed E-state index contributed by atoms with van der Waals surface area (Å²) in [5.41, 5.74) is 1.44. The molecule has 1 saturated heterocycles. The van der Waals surface area contributed by atoms with E-state index in [0.717, 1.165) is 18.4 Å². The lowest BCUT2D eigenvalue weighted by atomic mass is 9.91. The van der Waals surface area contributed by atoms with Gasteiger partial charge in [-0.1, -0.05) is 44.2 Å². The quantitative estimate of drug-likeness (QED) is 0.713. The maximum absolute atomic E-state index is 2.59. The van der Waals surface area contributed by atoms with Crippen LogP contribution in [-0.4, -0.2) is 18.0 Å². The van der Waals surface area contributed by atoms with E-state index in [1.165, 1.54) is 25.1 Å². The van der Waals surface area contributed by atoms with E-state index in [2.05, 4.69) is 49.1 Å². The monoisotopic (exact) mass is 203 g/mol. The van der Waals surface area contributed by atoms with Gasteiger partial charge in [0, 0.05) is 19.6 Å². The van der Waals surface area contributed by atoms with E-state index in [1.54, 1.807) is 0 Å². The molecule has 1 aromatic rings. The van der Waals surface area contributed by atoms with E-state index >= 15 is 0 Å². The van der Waals surface area contributed by atoms with Gasteiger partial charge in [0.05, 0.1) is 0 Å². The number of hydrogen-bond acceptors (Lipinski definition) is 1. The summed E-state index contributed by atoms with van der Waals surface area (Å²) in [5, 5.41) is 0. The van der Waals surface area contributed by atoms with Crippen LogP contribution >= 0.6 is 0 Å². The molecule has 1 aromatic carbocycles. The number of hydrogen-bond donors (Lipinski definition) is 0. The van der Waals surface area contributed by atoms with Crippen molar-refractivity contribution in [3.63, 3.8) is 0 Å². The second-order valence-corrected chi connectivity index (χ2v) is 5.13. The summed E-state index contributed by atoms with van der Waals surface area (Å²) in [4.78, 5) is 2.59. The lowest BCUT2D eigenvalue weighted by molar-refractivity contribution is 0.134. The minimum atomic E-state index is 0.859. The number of likely N-dealkylation sites (tertiary alicyclic amines) is 1. The molecule has 15 heavy (non-hydrogen) atoms. The normalized spacial score (nSPS) is 27.9. The Hall–Kier alpha value is -0.820. The fourth-order valence-electron chi connectivity index (χ4n) is 2.76. The van der Waals surface area contributed by atoms with Gasteiger partial charge in [-0.2, -0.15) is 0 Å². The first-order valence-electron chi connectivity index (χ1n) is 6.00. The number of nitrogens with zero attached hydrogens (tertiary/aromatic N) is 1. The van der Waals surface area contributed by atoms with Crippen LogP contribution in [-0.2, 0) is 6.54 Å². The summed E-state index contributed by atoms with van der Waals surface area (Å²) in [6.45, 7) is 8.38. The molecule has 2 rings (SSSR count). The smallest absolute Gasteiger partial charge is 0.0233 e. The van der Waals surface area contributed by atoms with Crippen molar-refractivity contribution in [2.75, 3.05) is 13.1 Å². The highest BCUT2D eigenvalue weighted by atomic mass is 15.1. The van der Waals surface area contributed by atoms with Crippen molar-refractivity contribution in [3.05, 3.63) is 35.9 Å². The Balaban J connectivity index is 1.94. The molecule has 0 bridgehead atoms. The molecule has 2 atom stereocenters. The van der Waals surface area contributed by atoms with Crippen LogP contribution in [0.15, 0.2) is 30.3 Å². The van der Waals surface area contributed by atoms with Crippen LogP contribution in [0.3, 0.4) is 0 Å². The molecule has 1 aliphatic rings. The maximum Gasteiger partial charge on any atom is 0.0233 e. The Morgan fingerprint density at radius 1 is 1.07 bits per heavy atom. The highest BCUT2D eigenvalue weighted by molar-refractivity contribution is 5.14. The molecule has 0 aromatic heterocycles. The van der Waals surface area contributed by atoms with Gasteiger partial charge in [0.15, 0.2) is 0 Å². The Kier molecular flexibility index (Phi) is 3.42. The minimum absolute atomic E-state index is 0.859. The summed E-state index contributed by atoms with van der Waals surface area (Å²) in [7, 11) is 0. The zero-order valence-corrected chi connectivity index (χ0v) is 9.82. The third-order valence-corrected chi connectivity index (χ3v) is 3.19. The molecular formula is C14H21N. The Labute approximate surface area is 93.1 Å². The molecule has 0 N–H and O–H groups in total. The van der Waals surface area contributed by atoms with Gasteiger partial charge >= 0.3 is 0 Å².